The Morgan fingerprint density at radius 3 is 2.39 bits per heavy atom. The van der Waals surface area contributed by atoms with Crippen molar-refractivity contribution in [2.45, 2.75) is 116 Å². The monoisotopic (exact) mass is 506 g/mol. The first-order valence-electron chi connectivity index (χ1n) is 13.3. The molecule has 1 aromatic carbocycles. The van der Waals surface area contributed by atoms with E-state index in [9.17, 15) is 9.59 Å². The highest BCUT2D eigenvalue weighted by molar-refractivity contribution is 5.74. The van der Waals surface area contributed by atoms with Gasteiger partial charge in [0.1, 0.15) is 11.4 Å². The molecule has 36 heavy (non-hydrogen) atoms. The van der Waals surface area contributed by atoms with Crippen molar-refractivity contribution in [3.63, 3.8) is 0 Å². The molecule has 0 aliphatic heterocycles. The van der Waals surface area contributed by atoms with Gasteiger partial charge >= 0.3 is 12.1 Å². The number of nitrogens with two attached hydrogens (primary N) is 1. The molecular formula is C28H46N2O6. The molecule has 1 aromatic rings. The molecule has 1 aliphatic rings. The maximum absolute atomic E-state index is 12.2. The summed E-state index contributed by atoms with van der Waals surface area (Å²) in [6.07, 6.45) is 4.43. The number of esters is 1. The maximum Gasteiger partial charge on any atom is 0.407 e. The zero-order chi connectivity index (χ0) is 26.7. The molecule has 0 aromatic heterocycles. The minimum atomic E-state index is -0.655. The average molecular weight is 507 g/mol. The predicted molar refractivity (Wildman–Crippen MR) is 140 cm³/mol. The summed E-state index contributed by atoms with van der Waals surface area (Å²) in [4.78, 5) is 24.2. The molecule has 3 N–H and O–H groups in total. The highest BCUT2D eigenvalue weighted by atomic mass is 16.6. The quantitative estimate of drug-likeness (QED) is 0.381. The van der Waals surface area contributed by atoms with E-state index in [4.69, 9.17) is 24.7 Å². The molecular weight excluding hydrogens is 460 g/mol. The third kappa shape index (κ3) is 9.97. The maximum atomic E-state index is 12.2. The summed E-state index contributed by atoms with van der Waals surface area (Å²) in [5, 5.41) is 2.92. The molecule has 0 saturated heterocycles. The van der Waals surface area contributed by atoms with Gasteiger partial charge in [0.25, 0.3) is 0 Å². The largest absolute Gasteiger partial charge is 0.479 e. The van der Waals surface area contributed by atoms with Crippen molar-refractivity contribution in [2.75, 3.05) is 13.2 Å². The van der Waals surface area contributed by atoms with E-state index in [1.807, 2.05) is 39.0 Å². The second kappa shape index (κ2) is 14.4. The lowest BCUT2D eigenvalue weighted by Crippen LogP contribution is -2.51. The zero-order valence-electron chi connectivity index (χ0n) is 22.9. The Kier molecular flexibility index (Phi) is 12.0. The Labute approximate surface area is 216 Å². The number of ether oxygens (including phenoxy) is 4. The second-order valence-corrected chi connectivity index (χ2v) is 10.6. The molecule has 0 bridgehead atoms. The number of alkyl carbamates (subject to hydrolysis) is 1. The molecule has 3 unspecified atom stereocenters. The zero-order valence-corrected chi connectivity index (χ0v) is 22.9. The summed E-state index contributed by atoms with van der Waals surface area (Å²) in [6, 6.07) is 7.40. The number of carbonyl (C=O) groups excluding carboxylic acids is 2. The van der Waals surface area contributed by atoms with Crippen LogP contribution in [0.15, 0.2) is 24.3 Å². The SMILES string of the molecule is CCCC(NC(=O)OC(C)(C)C)C(N)CO[C@H]1CC[C@@H](c2ccccc2OC(C)C(=O)OCC)CC1. The van der Waals surface area contributed by atoms with Crippen molar-refractivity contribution < 1.29 is 28.5 Å². The van der Waals surface area contributed by atoms with Crippen molar-refractivity contribution in [2.24, 2.45) is 5.73 Å². The van der Waals surface area contributed by atoms with Crippen LogP contribution in [0.1, 0.15) is 91.5 Å². The smallest absolute Gasteiger partial charge is 0.407 e. The van der Waals surface area contributed by atoms with Crippen LogP contribution in [0.4, 0.5) is 4.79 Å². The highest BCUT2D eigenvalue weighted by Crippen LogP contribution is 2.38. The van der Waals surface area contributed by atoms with Gasteiger partial charge in [0.05, 0.1) is 19.3 Å². The van der Waals surface area contributed by atoms with Crippen LogP contribution in [0.5, 0.6) is 5.75 Å². The molecule has 0 spiro atoms. The van der Waals surface area contributed by atoms with Crippen LogP contribution < -0.4 is 15.8 Å². The number of nitrogens with one attached hydrogen (secondary N) is 1. The number of para-hydroxylation sites is 1. The minimum absolute atomic E-state index is 0.127. The fourth-order valence-corrected chi connectivity index (χ4v) is 4.49. The molecule has 2 rings (SSSR count). The first-order chi connectivity index (χ1) is 17.0. The van der Waals surface area contributed by atoms with E-state index in [0.29, 0.717) is 19.1 Å². The third-order valence-corrected chi connectivity index (χ3v) is 6.30. The topological polar surface area (TPSA) is 109 Å². The summed E-state index contributed by atoms with van der Waals surface area (Å²) in [5.41, 5.74) is 6.98. The third-order valence-electron chi connectivity index (χ3n) is 6.30. The molecule has 1 aliphatic carbocycles. The Morgan fingerprint density at radius 2 is 1.78 bits per heavy atom. The summed E-state index contributed by atoms with van der Waals surface area (Å²) >= 11 is 0. The second-order valence-electron chi connectivity index (χ2n) is 10.6. The van der Waals surface area contributed by atoms with Crippen molar-refractivity contribution in [1.82, 2.24) is 5.32 Å². The van der Waals surface area contributed by atoms with Crippen molar-refractivity contribution in [1.29, 1.82) is 0 Å². The number of amides is 1. The number of carbonyl (C=O) groups is 2. The van der Waals surface area contributed by atoms with Crippen LogP contribution in [-0.4, -0.2) is 55.2 Å². The normalized spacial score (nSPS) is 20.6. The van der Waals surface area contributed by atoms with Crippen LogP contribution in [0.2, 0.25) is 0 Å². The number of hydrogen-bond donors (Lipinski definition) is 2. The molecule has 1 amide bonds. The molecule has 3 atom stereocenters. The minimum Gasteiger partial charge on any atom is -0.479 e. The van der Waals surface area contributed by atoms with E-state index in [-0.39, 0.29) is 24.2 Å². The summed E-state index contributed by atoms with van der Waals surface area (Å²) in [7, 11) is 0. The first kappa shape index (κ1) is 29.9. The van der Waals surface area contributed by atoms with E-state index in [2.05, 4.69) is 18.3 Å². The fourth-order valence-electron chi connectivity index (χ4n) is 4.49. The van der Waals surface area contributed by atoms with Crippen LogP contribution >= 0.6 is 0 Å². The van der Waals surface area contributed by atoms with Crippen LogP contribution in [-0.2, 0) is 19.0 Å². The van der Waals surface area contributed by atoms with Gasteiger partial charge in [-0.2, -0.15) is 0 Å². The van der Waals surface area contributed by atoms with Crippen molar-refractivity contribution in [3.05, 3.63) is 29.8 Å². The van der Waals surface area contributed by atoms with Gasteiger partial charge in [-0.25, -0.2) is 9.59 Å². The Bertz CT molecular complexity index is 817. The average Bonchev–Trinajstić information content (AvgIpc) is 2.82. The molecule has 1 fully saturated rings. The highest BCUT2D eigenvalue weighted by Gasteiger charge is 2.28. The van der Waals surface area contributed by atoms with Gasteiger partial charge in [-0.3, -0.25) is 0 Å². The lowest BCUT2D eigenvalue weighted by molar-refractivity contribution is -0.150. The van der Waals surface area contributed by atoms with Crippen LogP contribution in [0.3, 0.4) is 0 Å². The molecule has 204 valence electrons. The Balaban J connectivity index is 1.87. The van der Waals surface area contributed by atoms with Crippen LogP contribution in [0, 0.1) is 0 Å². The van der Waals surface area contributed by atoms with Gasteiger partial charge in [0.2, 0.25) is 0 Å². The van der Waals surface area contributed by atoms with Gasteiger partial charge in [-0.05, 0) is 84.3 Å². The van der Waals surface area contributed by atoms with Gasteiger partial charge in [0, 0.05) is 12.1 Å². The van der Waals surface area contributed by atoms with Gasteiger partial charge in [-0.15, -0.1) is 0 Å². The van der Waals surface area contributed by atoms with E-state index in [1.54, 1.807) is 13.8 Å². The molecule has 1 saturated carbocycles. The lowest BCUT2D eigenvalue weighted by atomic mass is 9.82. The molecule has 0 heterocycles. The van der Waals surface area contributed by atoms with E-state index in [0.717, 1.165) is 49.8 Å². The summed E-state index contributed by atoms with van der Waals surface area (Å²) < 4.78 is 22.6. The van der Waals surface area contributed by atoms with Gasteiger partial charge < -0.3 is 30.0 Å². The standard InChI is InChI=1S/C28H46N2O6/c1-7-11-24(30-27(32)36-28(4,5)6)23(29)18-34-21-16-14-20(15-17-21)22-12-9-10-13-25(22)35-19(3)26(31)33-8-2/h9-10,12-13,19-21,23-24H,7-8,11,14-18,29H2,1-6H3,(H,30,32)/t19?,20-,21+,23?,24?. The molecule has 8 nitrogen and oxygen atoms in total. The number of hydrogen-bond acceptors (Lipinski definition) is 7. The van der Waals surface area contributed by atoms with Gasteiger partial charge in [-0.1, -0.05) is 31.5 Å². The Morgan fingerprint density at radius 1 is 1.11 bits per heavy atom. The number of rotatable bonds is 12. The first-order valence-corrected chi connectivity index (χ1v) is 13.3. The molecule has 0 radical (unpaired) electrons. The van der Waals surface area contributed by atoms with E-state index >= 15 is 0 Å². The summed E-state index contributed by atoms with van der Waals surface area (Å²) in [6.45, 7) is 11.8. The van der Waals surface area contributed by atoms with E-state index < -0.39 is 17.8 Å². The summed E-state index contributed by atoms with van der Waals surface area (Å²) in [5.74, 6) is 0.717. The van der Waals surface area contributed by atoms with Crippen molar-refractivity contribution >= 4 is 12.1 Å². The van der Waals surface area contributed by atoms with E-state index in [1.165, 1.54) is 0 Å². The van der Waals surface area contributed by atoms with Crippen LogP contribution in [0.25, 0.3) is 0 Å². The Hall–Kier alpha value is -2.32. The fraction of sp³-hybridized carbons (Fsp3) is 0.714. The molecule has 8 heteroatoms. The van der Waals surface area contributed by atoms with Gasteiger partial charge in [0.15, 0.2) is 6.10 Å². The van der Waals surface area contributed by atoms with Crippen molar-refractivity contribution in [3.8, 4) is 5.75 Å². The lowest BCUT2D eigenvalue weighted by Gasteiger charge is -2.32. The number of benzene rings is 1. The predicted octanol–water partition coefficient (Wildman–Crippen LogP) is 5.08.